The molecule has 1 heterocycles. The molecule has 6 heteroatoms. The number of hydrogen-bond acceptors (Lipinski definition) is 5. The molecular weight excluding hydrogens is 348 g/mol. The van der Waals surface area contributed by atoms with Crippen LogP contribution in [0.4, 0.5) is 5.13 Å². The number of para-hydroxylation sites is 1. The molecule has 0 bridgehead atoms. The number of aryl methyl sites for hydroxylation is 1. The topological polar surface area (TPSA) is 59.5 Å². The number of aromatic nitrogens is 1. The molecule has 0 fully saturated rings. The quantitative estimate of drug-likeness (QED) is 0.622. The minimum absolute atomic E-state index is 0.160. The first kappa shape index (κ1) is 18.1. The third-order valence-electron chi connectivity index (χ3n) is 4.08. The number of esters is 1. The van der Waals surface area contributed by atoms with E-state index in [1.807, 2.05) is 62.4 Å². The summed E-state index contributed by atoms with van der Waals surface area (Å²) in [6.07, 6.45) is 0.160. The lowest BCUT2D eigenvalue weighted by atomic mass is 10.1. The average Bonchev–Trinajstić information content (AvgIpc) is 3.06. The summed E-state index contributed by atoms with van der Waals surface area (Å²) < 4.78 is 6.21. The second kappa shape index (κ2) is 8.10. The predicted molar refractivity (Wildman–Crippen MR) is 103 cm³/mol. The summed E-state index contributed by atoms with van der Waals surface area (Å²) in [5, 5.41) is 0.619. The van der Waals surface area contributed by atoms with E-state index in [1.165, 1.54) is 11.3 Å². The normalized spacial score (nSPS) is 10.7. The molecule has 0 aliphatic rings. The minimum atomic E-state index is -0.409. The predicted octanol–water partition coefficient (Wildman–Crippen LogP) is 3.74. The molecule has 0 saturated carbocycles. The zero-order valence-corrected chi connectivity index (χ0v) is 15.6. The van der Waals surface area contributed by atoms with Crippen molar-refractivity contribution in [1.29, 1.82) is 0 Å². The molecule has 0 atom stereocenters. The van der Waals surface area contributed by atoms with E-state index >= 15 is 0 Å². The van der Waals surface area contributed by atoms with Gasteiger partial charge in [-0.1, -0.05) is 47.7 Å². The van der Waals surface area contributed by atoms with Crippen LogP contribution in [-0.4, -0.2) is 30.0 Å². The molecule has 0 aliphatic heterocycles. The van der Waals surface area contributed by atoms with Gasteiger partial charge < -0.3 is 4.74 Å². The smallest absolute Gasteiger partial charge is 0.310 e. The van der Waals surface area contributed by atoms with Crippen molar-refractivity contribution in [3.8, 4) is 0 Å². The number of amides is 1. The number of hydrogen-bond donors (Lipinski definition) is 0. The highest BCUT2D eigenvalue weighted by atomic mass is 32.1. The maximum Gasteiger partial charge on any atom is 0.310 e. The molecule has 0 N–H and O–H groups in total. The Morgan fingerprint density at radius 2 is 1.85 bits per heavy atom. The van der Waals surface area contributed by atoms with Crippen LogP contribution >= 0.6 is 11.3 Å². The number of thiazole rings is 1. The van der Waals surface area contributed by atoms with Crippen molar-refractivity contribution < 1.29 is 14.3 Å². The van der Waals surface area contributed by atoms with E-state index in [0.717, 1.165) is 21.3 Å². The second-order valence-electron chi connectivity index (χ2n) is 5.87. The van der Waals surface area contributed by atoms with E-state index in [9.17, 15) is 9.59 Å². The zero-order chi connectivity index (χ0) is 18.5. The van der Waals surface area contributed by atoms with Gasteiger partial charge in [0.05, 0.1) is 16.6 Å². The van der Waals surface area contributed by atoms with E-state index in [2.05, 4.69) is 4.98 Å². The van der Waals surface area contributed by atoms with Gasteiger partial charge in [0.2, 0.25) is 0 Å². The lowest BCUT2D eigenvalue weighted by Crippen LogP contribution is -2.34. The van der Waals surface area contributed by atoms with Crippen molar-refractivity contribution in [3.63, 3.8) is 0 Å². The molecule has 3 aromatic rings. The Hall–Kier alpha value is -2.73. The molecule has 0 radical (unpaired) electrons. The van der Waals surface area contributed by atoms with E-state index in [1.54, 1.807) is 4.90 Å². The van der Waals surface area contributed by atoms with Gasteiger partial charge in [-0.2, -0.15) is 0 Å². The van der Waals surface area contributed by atoms with Gasteiger partial charge in [-0.3, -0.25) is 14.5 Å². The Labute approximate surface area is 156 Å². The van der Waals surface area contributed by atoms with Crippen molar-refractivity contribution in [2.75, 3.05) is 18.1 Å². The molecule has 0 aliphatic carbocycles. The number of carbonyl (C=O) groups is 2. The van der Waals surface area contributed by atoms with Gasteiger partial charge in [-0.25, -0.2) is 4.98 Å². The summed E-state index contributed by atoms with van der Waals surface area (Å²) in [6.45, 7) is 4.00. The van der Waals surface area contributed by atoms with Gasteiger partial charge in [0, 0.05) is 6.54 Å². The van der Waals surface area contributed by atoms with Crippen molar-refractivity contribution in [3.05, 3.63) is 59.7 Å². The van der Waals surface area contributed by atoms with Crippen LogP contribution in [0.15, 0.2) is 48.5 Å². The summed E-state index contributed by atoms with van der Waals surface area (Å²) in [5.74, 6) is -0.683. The largest absolute Gasteiger partial charge is 0.455 e. The van der Waals surface area contributed by atoms with Gasteiger partial charge in [-0.05, 0) is 37.1 Å². The SMILES string of the molecule is CCN(C(=O)COC(=O)Cc1ccccc1C)c1nc2ccccc2s1. The average molecular weight is 368 g/mol. The number of likely N-dealkylation sites (N-methyl/N-ethyl adjacent to an activating group) is 1. The fourth-order valence-electron chi connectivity index (χ4n) is 2.63. The van der Waals surface area contributed by atoms with Crippen LogP contribution in [0.5, 0.6) is 0 Å². The van der Waals surface area contributed by atoms with Crippen LogP contribution in [0, 0.1) is 6.92 Å². The number of fused-ring (bicyclic) bond motifs is 1. The van der Waals surface area contributed by atoms with Gasteiger partial charge in [0.15, 0.2) is 11.7 Å². The summed E-state index contributed by atoms with van der Waals surface area (Å²) in [6, 6.07) is 15.4. The molecule has 3 rings (SSSR count). The molecule has 26 heavy (non-hydrogen) atoms. The number of ether oxygens (including phenoxy) is 1. The Bertz CT molecular complexity index is 902. The molecule has 5 nitrogen and oxygen atoms in total. The molecule has 2 aromatic carbocycles. The molecule has 1 amide bonds. The number of nitrogens with zero attached hydrogens (tertiary/aromatic N) is 2. The van der Waals surface area contributed by atoms with Gasteiger partial charge in [0.25, 0.3) is 5.91 Å². The fourth-order valence-corrected chi connectivity index (χ4v) is 3.68. The molecular formula is C20H20N2O3S. The molecule has 134 valence electrons. The third kappa shape index (κ3) is 4.08. The van der Waals surface area contributed by atoms with Crippen molar-refractivity contribution in [2.24, 2.45) is 0 Å². The van der Waals surface area contributed by atoms with E-state index < -0.39 is 5.97 Å². The summed E-state index contributed by atoms with van der Waals surface area (Å²) >= 11 is 1.45. The van der Waals surface area contributed by atoms with E-state index in [-0.39, 0.29) is 18.9 Å². The van der Waals surface area contributed by atoms with Crippen LogP contribution in [0.3, 0.4) is 0 Å². The number of carbonyl (C=O) groups excluding carboxylic acids is 2. The van der Waals surface area contributed by atoms with Crippen LogP contribution in [0.2, 0.25) is 0 Å². The molecule has 0 spiro atoms. The maximum atomic E-state index is 12.5. The molecule has 0 saturated heterocycles. The Morgan fingerprint density at radius 1 is 1.12 bits per heavy atom. The summed E-state index contributed by atoms with van der Waals surface area (Å²) in [4.78, 5) is 30.6. The Morgan fingerprint density at radius 3 is 2.58 bits per heavy atom. The minimum Gasteiger partial charge on any atom is -0.455 e. The van der Waals surface area contributed by atoms with Gasteiger partial charge in [-0.15, -0.1) is 0 Å². The lowest BCUT2D eigenvalue weighted by Gasteiger charge is -2.17. The van der Waals surface area contributed by atoms with Crippen molar-refractivity contribution >= 4 is 38.6 Å². The monoisotopic (exact) mass is 368 g/mol. The Balaban J connectivity index is 1.62. The maximum absolute atomic E-state index is 12.5. The van der Waals surface area contributed by atoms with Crippen LogP contribution in [0.25, 0.3) is 10.2 Å². The summed E-state index contributed by atoms with van der Waals surface area (Å²) in [5.41, 5.74) is 2.79. The highest BCUT2D eigenvalue weighted by Crippen LogP contribution is 2.28. The third-order valence-corrected chi connectivity index (χ3v) is 5.14. The van der Waals surface area contributed by atoms with Crippen molar-refractivity contribution in [2.45, 2.75) is 20.3 Å². The first-order chi connectivity index (χ1) is 12.6. The Kier molecular flexibility index (Phi) is 5.63. The van der Waals surface area contributed by atoms with Crippen LogP contribution in [0.1, 0.15) is 18.1 Å². The molecule has 1 aromatic heterocycles. The van der Waals surface area contributed by atoms with Crippen molar-refractivity contribution in [1.82, 2.24) is 4.98 Å². The standard InChI is InChI=1S/C20H20N2O3S/c1-3-22(20-21-16-10-6-7-11-17(16)26-20)18(23)13-25-19(24)12-15-9-5-4-8-14(15)2/h4-11H,3,12-13H2,1-2H3. The first-order valence-electron chi connectivity index (χ1n) is 8.44. The number of anilines is 1. The second-order valence-corrected chi connectivity index (χ2v) is 6.88. The molecule has 0 unspecified atom stereocenters. The van der Waals surface area contributed by atoms with Gasteiger partial charge >= 0.3 is 5.97 Å². The highest BCUT2D eigenvalue weighted by molar-refractivity contribution is 7.22. The van der Waals surface area contributed by atoms with Crippen LogP contribution in [-0.2, 0) is 20.7 Å². The van der Waals surface area contributed by atoms with E-state index in [0.29, 0.717) is 11.7 Å². The highest BCUT2D eigenvalue weighted by Gasteiger charge is 2.19. The fraction of sp³-hybridized carbons (Fsp3) is 0.250. The van der Waals surface area contributed by atoms with Gasteiger partial charge in [0.1, 0.15) is 0 Å². The van der Waals surface area contributed by atoms with E-state index in [4.69, 9.17) is 4.74 Å². The lowest BCUT2D eigenvalue weighted by molar-refractivity contribution is -0.147. The van der Waals surface area contributed by atoms with Crippen LogP contribution < -0.4 is 4.90 Å². The number of benzene rings is 2. The first-order valence-corrected chi connectivity index (χ1v) is 9.26. The number of rotatable bonds is 6. The zero-order valence-electron chi connectivity index (χ0n) is 14.8. The summed E-state index contributed by atoms with van der Waals surface area (Å²) in [7, 11) is 0.